The molecule has 4 nitrogen and oxygen atoms in total. The molecule has 0 amide bonds. The van der Waals surface area contributed by atoms with Crippen LogP contribution in [0.15, 0.2) is 191 Å². The maximum Gasteiger partial charge on any atom is 0.213 e. The fraction of sp³-hybridized carbons (Fsp3) is 0. The molecule has 54 heavy (non-hydrogen) atoms. The Labute approximate surface area is 309 Å². The van der Waals surface area contributed by atoms with E-state index in [4.69, 9.17) is 8.83 Å². The maximum absolute atomic E-state index is 6.59. The van der Waals surface area contributed by atoms with Crippen molar-refractivity contribution in [3.8, 4) is 33.6 Å². The molecule has 0 aliphatic carbocycles. The Morgan fingerprint density at radius 2 is 0.926 bits per heavy atom. The first-order chi connectivity index (χ1) is 26.8. The van der Waals surface area contributed by atoms with Crippen LogP contribution in [0.5, 0.6) is 0 Å². The van der Waals surface area contributed by atoms with Gasteiger partial charge in [-0.2, -0.15) is 0 Å². The first-order valence-corrected chi connectivity index (χ1v) is 18.3. The van der Waals surface area contributed by atoms with Gasteiger partial charge in [0.15, 0.2) is 0 Å². The highest BCUT2D eigenvalue weighted by atomic mass is 16.3. The molecule has 0 radical (unpaired) electrons. The van der Waals surface area contributed by atoms with Crippen LogP contribution in [0.1, 0.15) is 0 Å². The average molecular weight is 691 g/mol. The number of nitrogens with zero attached hydrogens (tertiary/aromatic N) is 2. The zero-order valence-corrected chi connectivity index (χ0v) is 29.0. The minimum Gasteiger partial charge on any atom is -0.456 e. The number of hydrogen-bond acceptors (Lipinski definition) is 2. The van der Waals surface area contributed by atoms with Gasteiger partial charge in [0.25, 0.3) is 0 Å². The van der Waals surface area contributed by atoms with E-state index in [9.17, 15) is 0 Å². The van der Waals surface area contributed by atoms with Gasteiger partial charge >= 0.3 is 0 Å². The number of aromatic nitrogens is 2. The van der Waals surface area contributed by atoms with Crippen molar-refractivity contribution in [2.45, 2.75) is 0 Å². The Balaban J connectivity index is 1.01. The van der Waals surface area contributed by atoms with Gasteiger partial charge in [-0.1, -0.05) is 115 Å². The Morgan fingerprint density at radius 1 is 0.333 bits per heavy atom. The highest BCUT2D eigenvalue weighted by Gasteiger charge is 2.22. The van der Waals surface area contributed by atoms with E-state index >= 15 is 0 Å². The molecule has 12 rings (SSSR count). The Bertz CT molecular complexity index is 3430. The number of furan rings is 2. The van der Waals surface area contributed by atoms with Gasteiger partial charge in [-0.05, 0) is 83.4 Å². The highest BCUT2D eigenvalue weighted by molar-refractivity contribution is 6.22. The van der Waals surface area contributed by atoms with Crippen LogP contribution in [0.4, 0.5) is 0 Å². The molecule has 0 spiro atoms. The van der Waals surface area contributed by atoms with Crippen molar-refractivity contribution >= 4 is 76.7 Å². The van der Waals surface area contributed by atoms with Gasteiger partial charge in [-0.3, -0.25) is 4.57 Å². The van der Waals surface area contributed by atoms with Gasteiger partial charge < -0.3 is 13.4 Å². The Kier molecular flexibility index (Phi) is 6.02. The smallest absolute Gasteiger partial charge is 0.213 e. The molecule has 0 fully saturated rings. The van der Waals surface area contributed by atoms with Crippen molar-refractivity contribution in [2.24, 2.45) is 0 Å². The summed E-state index contributed by atoms with van der Waals surface area (Å²) in [5.74, 6) is 0. The van der Waals surface area contributed by atoms with Gasteiger partial charge in [0.2, 0.25) is 5.71 Å². The summed E-state index contributed by atoms with van der Waals surface area (Å²) in [5, 5.41) is 8.19. The number of rotatable bonds is 4. The molecule has 0 unspecified atom stereocenters. The normalized spacial score (nSPS) is 12.1. The number of para-hydroxylation sites is 5. The van der Waals surface area contributed by atoms with E-state index < -0.39 is 0 Å². The summed E-state index contributed by atoms with van der Waals surface area (Å²) in [7, 11) is 0. The minimum atomic E-state index is 0.865. The number of hydrogen-bond donors (Lipinski definition) is 0. The summed E-state index contributed by atoms with van der Waals surface area (Å²) in [4.78, 5) is 0. The van der Waals surface area contributed by atoms with Crippen molar-refractivity contribution in [2.75, 3.05) is 0 Å². The Hall–Kier alpha value is -7.30. The van der Waals surface area contributed by atoms with Crippen LogP contribution in [0, 0.1) is 0 Å². The largest absolute Gasteiger partial charge is 0.456 e. The molecule has 0 aliphatic heterocycles. The molecule has 252 valence electrons. The standard InChI is InChI=1S/C50H30N2O2/c1-2-11-34(12-3-1)52-49-36(16-10-17-40(49)48-39-15-6-9-20-46(39)54-50(48)52)31-21-25-35(26-22-31)51-43-18-7-4-13-37(43)41-29-32(23-27-44(41)51)33-24-28-47-42(30-33)38-14-5-8-19-45(38)53-47/h1-30H. The van der Waals surface area contributed by atoms with E-state index in [1.54, 1.807) is 0 Å². The lowest BCUT2D eigenvalue weighted by molar-refractivity contribution is 0.645. The minimum absolute atomic E-state index is 0.865. The van der Waals surface area contributed by atoms with Crippen molar-refractivity contribution in [3.05, 3.63) is 182 Å². The summed E-state index contributed by atoms with van der Waals surface area (Å²) in [5.41, 5.74) is 13.9. The molecular formula is C50H30N2O2. The van der Waals surface area contributed by atoms with E-state index in [-0.39, 0.29) is 0 Å². The fourth-order valence-electron chi connectivity index (χ4n) is 8.72. The van der Waals surface area contributed by atoms with E-state index in [1.165, 1.54) is 38.3 Å². The molecule has 0 bridgehead atoms. The van der Waals surface area contributed by atoms with Crippen molar-refractivity contribution in [1.82, 2.24) is 9.13 Å². The van der Waals surface area contributed by atoms with Crippen LogP contribution in [0.2, 0.25) is 0 Å². The average Bonchev–Trinajstić information content (AvgIpc) is 3.98. The number of benzene rings is 8. The van der Waals surface area contributed by atoms with Crippen molar-refractivity contribution < 1.29 is 8.83 Å². The van der Waals surface area contributed by atoms with Crippen molar-refractivity contribution in [3.63, 3.8) is 0 Å². The lowest BCUT2D eigenvalue weighted by atomic mass is 10.0. The van der Waals surface area contributed by atoms with Gasteiger partial charge in [0.05, 0.1) is 21.9 Å². The summed E-state index contributed by atoms with van der Waals surface area (Å²) in [6.07, 6.45) is 0. The van der Waals surface area contributed by atoms with Crippen LogP contribution in [-0.4, -0.2) is 9.13 Å². The topological polar surface area (TPSA) is 36.1 Å². The first kappa shape index (κ1) is 29.3. The highest BCUT2D eigenvalue weighted by Crippen LogP contribution is 2.43. The molecule has 4 heteroatoms. The molecule has 8 aromatic carbocycles. The molecule has 0 saturated carbocycles. The molecule has 0 N–H and O–H groups in total. The van der Waals surface area contributed by atoms with Crippen LogP contribution in [-0.2, 0) is 0 Å². The first-order valence-electron chi connectivity index (χ1n) is 18.3. The third kappa shape index (κ3) is 4.13. The summed E-state index contributed by atoms with van der Waals surface area (Å²) >= 11 is 0. The third-order valence-electron chi connectivity index (χ3n) is 11.1. The van der Waals surface area contributed by atoms with Crippen molar-refractivity contribution in [1.29, 1.82) is 0 Å². The van der Waals surface area contributed by atoms with E-state index in [1.807, 2.05) is 18.2 Å². The van der Waals surface area contributed by atoms with Gasteiger partial charge in [0, 0.05) is 49.3 Å². The van der Waals surface area contributed by atoms with Crippen LogP contribution < -0.4 is 0 Å². The zero-order valence-electron chi connectivity index (χ0n) is 29.0. The Morgan fingerprint density at radius 3 is 1.76 bits per heavy atom. The maximum atomic E-state index is 6.59. The fourth-order valence-corrected chi connectivity index (χ4v) is 8.72. The molecule has 12 aromatic rings. The predicted molar refractivity (Wildman–Crippen MR) is 223 cm³/mol. The quantitative estimate of drug-likeness (QED) is 0.184. The molecule has 4 aromatic heterocycles. The molecular weight excluding hydrogens is 661 g/mol. The van der Waals surface area contributed by atoms with Gasteiger partial charge in [0.1, 0.15) is 16.7 Å². The summed E-state index contributed by atoms with van der Waals surface area (Å²) < 4.78 is 17.4. The molecule has 0 saturated heterocycles. The molecule has 4 heterocycles. The monoisotopic (exact) mass is 690 g/mol. The van der Waals surface area contributed by atoms with Crippen LogP contribution in [0.3, 0.4) is 0 Å². The van der Waals surface area contributed by atoms with E-state index in [2.05, 4.69) is 173 Å². The summed E-state index contributed by atoms with van der Waals surface area (Å²) in [6, 6.07) is 64.8. The van der Waals surface area contributed by atoms with Gasteiger partial charge in [-0.25, -0.2) is 0 Å². The third-order valence-corrected chi connectivity index (χ3v) is 11.1. The SMILES string of the molecule is c1ccc(-n2c3oc4ccccc4c3c3cccc(-c4ccc(-n5c6ccccc6c6cc(-c7ccc8oc9ccccc9c8c7)ccc65)cc4)c32)cc1. The zero-order chi connectivity index (χ0) is 35.3. The van der Waals surface area contributed by atoms with Crippen LogP contribution in [0.25, 0.3) is 110 Å². The van der Waals surface area contributed by atoms with Gasteiger partial charge in [-0.15, -0.1) is 0 Å². The van der Waals surface area contributed by atoms with E-state index in [0.717, 1.165) is 72.0 Å². The van der Waals surface area contributed by atoms with E-state index in [0.29, 0.717) is 0 Å². The predicted octanol–water partition coefficient (Wildman–Crippen LogP) is 13.9. The summed E-state index contributed by atoms with van der Waals surface area (Å²) in [6.45, 7) is 0. The molecule has 0 atom stereocenters. The second-order valence-corrected chi connectivity index (χ2v) is 14.1. The molecule has 0 aliphatic rings. The lowest BCUT2D eigenvalue weighted by Gasteiger charge is -2.13. The van der Waals surface area contributed by atoms with Crippen LogP contribution >= 0.6 is 0 Å². The second-order valence-electron chi connectivity index (χ2n) is 14.1. The second kappa shape index (κ2) is 11.1. The number of fused-ring (bicyclic) bond motifs is 11. The lowest BCUT2D eigenvalue weighted by Crippen LogP contribution is -1.96.